The highest BCUT2D eigenvalue weighted by atomic mass is 32.2. The van der Waals surface area contributed by atoms with Crippen molar-refractivity contribution in [2.24, 2.45) is 5.16 Å². The van der Waals surface area contributed by atoms with Crippen LogP contribution in [0.5, 0.6) is 0 Å². The van der Waals surface area contributed by atoms with Gasteiger partial charge in [-0.25, -0.2) is 0 Å². The highest BCUT2D eigenvalue weighted by Crippen LogP contribution is 1.92. The van der Waals surface area contributed by atoms with Crippen molar-refractivity contribution in [3.63, 3.8) is 0 Å². The monoisotopic (exact) mass is 169 g/mol. The fourth-order valence-electron chi connectivity index (χ4n) is 0.126. The van der Waals surface area contributed by atoms with Crippen LogP contribution in [0.2, 0.25) is 0 Å². The summed E-state index contributed by atoms with van der Waals surface area (Å²) in [5, 5.41) is 3.19. The van der Waals surface area contributed by atoms with Crippen LogP contribution in [0.15, 0.2) is 5.16 Å². The zero-order chi connectivity index (χ0) is 7.49. The Bertz CT molecular complexity index is 203. The predicted octanol–water partition coefficient (Wildman–Crippen LogP) is 0.171. The third-order valence-corrected chi connectivity index (χ3v) is 0.767. The van der Waals surface area contributed by atoms with E-state index in [2.05, 4.69) is 18.7 Å². The van der Waals surface area contributed by atoms with Crippen molar-refractivity contribution < 1.29 is 12.7 Å². The van der Waals surface area contributed by atoms with Gasteiger partial charge in [0, 0.05) is 0 Å². The number of oxime groups is 1. The van der Waals surface area contributed by atoms with E-state index < -0.39 is 10.1 Å². The molecule has 6 heteroatoms. The third kappa shape index (κ3) is 7.85. The maximum Gasteiger partial charge on any atom is 0.325 e. The van der Waals surface area contributed by atoms with Gasteiger partial charge in [-0.3, -0.25) is 4.28 Å². The summed E-state index contributed by atoms with van der Waals surface area (Å²) in [6.07, 6.45) is 0.935. The Kier molecular flexibility index (Phi) is 3.08. The molecule has 0 saturated carbocycles. The Morgan fingerprint density at radius 3 is 2.22 bits per heavy atom. The second kappa shape index (κ2) is 3.13. The first-order chi connectivity index (χ1) is 3.92. The van der Waals surface area contributed by atoms with Crippen molar-refractivity contribution in [3.05, 3.63) is 0 Å². The van der Waals surface area contributed by atoms with Crippen LogP contribution in [0.25, 0.3) is 0 Å². The molecule has 0 aromatic heterocycles. The lowest BCUT2D eigenvalue weighted by Gasteiger charge is -1.91. The fourth-order valence-corrected chi connectivity index (χ4v) is 0.509. The van der Waals surface area contributed by atoms with Crippen molar-refractivity contribution in [2.75, 3.05) is 6.26 Å². The first-order valence-corrected chi connectivity index (χ1v) is 4.50. The van der Waals surface area contributed by atoms with Gasteiger partial charge in [-0.2, -0.15) is 8.42 Å². The third-order valence-electron chi connectivity index (χ3n) is 0.317. The fraction of sp³-hybridized carbons (Fsp3) is 0.667. The molecule has 0 amide bonds. The van der Waals surface area contributed by atoms with Crippen LogP contribution >= 0.6 is 9.24 Å². The van der Waals surface area contributed by atoms with E-state index in [4.69, 9.17) is 0 Å². The van der Waals surface area contributed by atoms with Gasteiger partial charge >= 0.3 is 10.1 Å². The molecule has 9 heavy (non-hydrogen) atoms. The summed E-state index contributed by atoms with van der Waals surface area (Å²) in [6, 6.07) is 0. The molecule has 0 aliphatic rings. The van der Waals surface area contributed by atoms with Gasteiger partial charge in [0.15, 0.2) is 0 Å². The van der Waals surface area contributed by atoms with Crippen LogP contribution in [0, 0.1) is 0 Å². The Hall–Kier alpha value is -0.150. The lowest BCUT2D eigenvalue weighted by atomic mass is 10.9. The Morgan fingerprint density at radius 2 is 2.11 bits per heavy atom. The molecule has 0 aromatic carbocycles. The SMILES string of the molecule is CC(P)=NOS(C)(=O)=O. The molecule has 0 N–H and O–H groups in total. The standard InChI is InChI=1S/C3H8NO3PS/c1-3(8)4-7-9(2,5)6/h8H2,1-2H3. The van der Waals surface area contributed by atoms with Crippen LogP contribution in [-0.4, -0.2) is 20.1 Å². The lowest BCUT2D eigenvalue weighted by molar-refractivity contribution is 0.344. The van der Waals surface area contributed by atoms with E-state index in [9.17, 15) is 8.42 Å². The van der Waals surface area contributed by atoms with Crippen molar-refractivity contribution in [1.29, 1.82) is 0 Å². The van der Waals surface area contributed by atoms with Crippen molar-refractivity contribution in [3.8, 4) is 0 Å². The zero-order valence-corrected chi connectivity index (χ0v) is 7.13. The molecular formula is C3H8NO3PS. The molecule has 0 fully saturated rings. The van der Waals surface area contributed by atoms with Gasteiger partial charge in [-0.15, -0.1) is 0 Å². The summed E-state index contributed by atoms with van der Waals surface area (Å²) in [4.78, 5) is 0. The maximum atomic E-state index is 10.2. The summed E-state index contributed by atoms with van der Waals surface area (Å²) < 4.78 is 24.4. The minimum Gasteiger partial charge on any atom is -0.268 e. The minimum atomic E-state index is -3.42. The molecule has 0 aliphatic heterocycles. The molecule has 1 unspecified atom stereocenters. The maximum absolute atomic E-state index is 10.2. The van der Waals surface area contributed by atoms with Gasteiger partial charge in [0.05, 0.1) is 11.7 Å². The molecule has 0 aliphatic carbocycles. The second-order valence-corrected chi connectivity index (χ2v) is 3.90. The number of hydrogen-bond acceptors (Lipinski definition) is 4. The van der Waals surface area contributed by atoms with Crippen LogP contribution in [0.3, 0.4) is 0 Å². The van der Waals surface area contributed by atoms with Crippen molar-refractivity contribution in [2.45, 2.75) is 6.92 Å². The highest BCUT2D eigenvalue weighted by Gasteiger charge is 1.97. The molecule has 0 aromatic rings. The van der Waals surface area contributed by atoms with Gasteiger partial charge in [-0.05, 0) is 6.92 Å². The number of rotatable bonds is 2. The predicted molar refractivity (Wildman–Crippen MR) is 38.7 cm³/mol. The highest BCUT2D eigenvalue weighted by molar-refractivity contribution is 7.85. The molecule has 0 heterocycles. The van der Waals surface area contributed by atoms with Crippen molar-refractivity contribution in [1.82, 2.24) is 0 Å². The normalized spacial score (nSPS) is 13.4. The van der Waals surface area contributed by atoms with Crippen LogP contribution in [0.1, 0.15) is 6.92 Å². The average Bonchev–Trinajstić information content (AvgIpc) is 1.59. The smallest absolute Gasteiger partial charge is 0.268 e. The van der Waals surface area contributed by atoms with E-state index in [1.807, 2.05) is 0 Å². The largest absolute Gasteiger partial charge is 0.325 e. The molecule has 0 saturated heterocycles. The quantitative estimate of drug-likeness (QED) is 0.336. The molecule has 0 spiro atoms. The number of hydrogen-bond donors (Lipinski definition) is 0. The molecule has 0 rings (SSSR count). The lowest BCUT2D eigenvalue weighted by Crippen LogP contribution is -1.97. The van der Waals surface area contributed by atoms with Gasteiger partial charge in [0.25, 0.3) is 0 Å². The summed E-state index contributed by atoms with van der Waals surface area (Å²) in [5.41, 5.74) is 0.487. The van der Waals surface area contributed by atoms with Crippen LogP contribution < -0.4 is 0 Å². The van der Waals surface area contributed by atoms with Gasteiger partial charge in [-0.1, -0.05) is 14.4 Å². The molecule has 0 radical (unpaired) electrons. The summed E-state index contributed by atoms with van der Waals surface area (Å²) in [5.74, 6) is 0. The summed E-state index contributed by atoms with van der Waals surface area (Å²) in [7, 11) is -1.22. The summed E-state index contributed by atoms with van der Waals surface area (Å²) in [6.45, 7) is 1.61. The average molecular weight is 169 g/mol. The van der Waals surface area contributed by atoms with Crippen LogP contribution in [0.4, 0.5) is 0 Å². The van der Waals surface area contributed by atoms with E-state index in [-0.39, 0.29) is 0 Å². The molecule has 0 bridgehead atoms. The Balaban J connectivity index is 3.95. The first-order valence-electron chi connectivity index (χ1n) is 2.10. The molecule has 54 valence electrons. The van der Waals surface area contributed by atoms with Gasteiger partial charge in [0.1, 0.15) is 0 Å². The first kappa shape index (κ1) is 8.85. The van der Waals surface area contributed by atoms with Crippen LogP contribution in [-0.2, 0) is 14.4 Å². The van der Waals surface area contributed by atoms with E-state index in [1.165, 1.54) is 0 Å². The van der Waals surface area contributed by atoms with Crippen molar-refractivity contribution >= 4 is 24.8 Å². The van der Waals surface area contributed by atoms with E-state index in [0.29, 0.717) is 5.45 Å². The molecule has 1 atom stereocenters. The van der Waals surface area contributed by atoms with E-state index >= 15 is 0 Å². The topological polar surface area (TPSA) is 55.7 Å². The van der Waals surface area contributed by atoms with E-state index in [0.717, 1.165) is 6.26 Å². The zero-order valence-electron chi connectivity index (χ0n) is 5.16. The molecular weight excluding hydrogens is 161 g/mol. The van der Waals surface area contributed by atoms with Gasteiger partial charge in [0.2, 0.25) is 0 Å². The minimum absolute atomic E-state index is 0.487. The Labute approximate surface area is 56.6 Å². The Morgan fingerprint density at radius 1 is 1.67 bits per heavy atom. The van der Waals surface area contributed by atoms with E-state index in [1.54, 1.807) is 6.92 Å². The summed E-state index contributed by atoms with van der Waals surface area (Å²) >= 11 is 0. The van der Waals surface area contributed by atoms with Gasteiger partial charge < -0.3 is 0 Å². The second-order valence-electron chi connectivity index (χ2n) is 1.51. The molecule has 4 nitrogen and oxygen atoms in total. The number of nitrogens with zero attached hydrogens (tertiary/aromatic N) is 1.